The van der Waals surface area contributed by atoms with Crippen LogP contribution in [-0.2, 0) is 14.2 Å². The Morgan fingerprint density at radius 1 is 0.821 bits per heavy atom. The number of carbonyl (C=O) groups is 3. The van der Waals surface area contributed by atoms with Gasteiger partial charge in [-0.1, -0.05) is 0 Å². The normalized spacial score (nSPS) is 12.0. The molecule has 0 aliphatic carbocycles. The highest BCUT2D eigenvalue weighted by Crippen LogP contribution is 2.27. The van der Waals surface area contributed by atoms with Gasteiger partial charge in [-0.05, 0) is 66.7 Å². The molecule has 0 N–H and O–H groups in total. The van der Waals surface area contributed by atoms with Crippen molar-refractivity contribution in [1.29, 1.82) is 0 Å². The Morgan fingerprint density at radius 2 is 1.32 bits per heavy atom. The fourth-order valence-corrected chi connectivity index (χ4v) is 2.39. The number of rotatable bonds is 4. The summed E-state index contributed by atoms with van der Waals surface area (Å²) < 4.78 is 21.3. The number of hydrogen-bond acceptors (Lipinski definition) is 7. The molecule has 2 aromatic rings. The summed E-state index contributed by atoms with van der Waals surface area (Å²) in [6.45, 7) is 12.2. The van der Waals surface area contributed by atoms with Crippen LogP contribution in [0, 0.1) is 0 Å². The maximum atomic E-state index is 12.7. The molecule has 0 saturated heterocycles. The first-order valence-corrected chi connectivity index (χ1v) is 9.02. The summed E-state index contributed by atoms with van der Waals surface area (Å²) in [7, 11) is 0. The zero-order valence-electron chi connectivity index (χ0n) is 17.3. The van der Waals surface area contributed by atoms with Crippen molar-refractivity contribution in [3.8, 4) is 0 Å². The van der Waals surface area contributed by atoms with Crippen molar-refractivity contribution in [2.75, 3.05) is 6.61 Å². The van der Waals surface area contributed by atoms with Crippen LogP contribution in [-0.4, -0.2) is 35.7 Å². The van der Waals surface area contributed by atoms with Crippen molar-refractivity contribution in [3.05, 3.63) is 35.1 Å². The largest absolute Gasteiger partial charge is 0.460 e. The number of hydrogen-bond donors (Lipinski definition) is 0. The van der Waals surface area contributed by atoms with Gasteiger partial charge in [-0.15, -0.1) is 0 Å². The summed E-state index contributed by atoms with van der Waals surface area (Å²) in [5, 5.41) is 0.469. The van der Waals surface area contributed by atoms with Crippen LogP contribution < -0.4 is 0 Å². The average molecular weight is 390 g/mol. The highest BCUT2D eigenvalue weighted by Gasteiger charge is 2.28. The van der Waals surface area contributed by atoms with E-state index in [9.17, 15) is 14.4 Å². The molecule has 0 amide bonds. The van der Waals surface area contributed by atoms with Gasteiger partial charge in [0.15, 0.2) is 0 Å². The van der Waals surface area contributed by atoms with Crippen LogP contribution in [0.3, 0.4) is 0 Å². The van der Waals surface area contributed by atoms with E-state index in [0.717, 1.165) is 0 Å². The van der Waals surface area contributed by atoms with Crippen LogP contribution in [0.1, 0.15) is 79.7 Å². The van der Waals surface area contributed by atoms with Gasteiger partial charge in [-0.25, -0.2) is 14.4 Å². The highest BCUT2D eigenvalue weighted by molar-refractivity contribution is 6.07. The first kappa shape index (κ1) is 21.5. The lowest BCUT2D eigenvalue weighted by molar-refractivity contribution is 0.00189. The van der Waals surface area contributed by atoms with Crippen molar-refractivity contribution < 1.29 is 33.0 Å². The van der Waals surface area contributed by atoms with Crippen LogP contribution in [0.2, 0.25) is 0 Å². The quantitative estimate of drug-likeness (QED) is 0.560. The molecule has 0 radical (unpaired) electrons. The molecule has 0 fully saturated rings. The van der Waals surface area contributed by atoms with E-state index >= 15 is 0 Å². The second-order valence-corrected chi connectivity index (χ2v) is 8.27. The third-order valence-corrected chi connectivity index (χ3v) is 3.37. The van der Waals surface area contributed by atoms with Crippen molar-refractivity contribution in [2.24, 2.45) is 0 Å². The van der Waals surface area contributed by atoms with Crippen molar-refractivity contribution in [1.82, 2.24) is 0 Å². The molecule has 0 atom stereocenters. The Hall–Kier alpha value is -2.83. The zero-order valence-corrected chi connectivity index (χ0v) is 17.3. The van der Waals surface area contributed by atoms with E-state index in [4.69, 9.17) is 18.6 Å². The molecular weight excluding hydrogens is 364 g/mol. The minimum absolute atomic E-state index is 0.00133. The van der Waals surface area contributed by atoms with E-state index in [1.165, 1.54) is 18.2 Å². The van der Waals surface area contributed by atoms with Gasteiger partial charge in [0, 0.05) is 5.39 Å². The summed E-state index contributed by atoms with van der Waals surface area (Å²) in [6, 6.07) is 4.29. The lowest BCUT2D eigenvalue weighted by Gasteiger charge is -2.22. The second kappa shape index (κ2) is 7.66. The summed E-state index contributed by atoms with van der Waals surface area (Å²) in [6.07, 6.45) is 0. The molecule has 0 aliphatic rings. The monoisotopic (exact) mass is 390 g/mol. The summed E-state index contributed by atoms with van der Waals surface area (Å²) in [4.78, 5) is 37.3. The molecule has 152 valence electrons. The molecule has 1 aromatic carbocycles. The van der Waals surface area contributed by atoms with Crippen molar-refractivity contribution >= 4 is 28.9 Å². The number of ether oxygens (including phenoxy) is 3. The first-order valence-electron chi connectivity index (χ1n) is 9.02. The van der Waals surface area contributed by atoms with Gasteiger partial charge in [0.2, 0.25) is 5.76 Å². The zero-order chi connectivity index (χ0) is 21.3. The SMILES string of the molecule is CCOC(=O)c1cc2cc(C(=O)OC(C)(C)C)c(C(=O)OC(C)(C)C)cc2o1. The van der Waals surface area contributed by atoms with Crippen molar-refractivity contribution in [2.45, 2.75) is 59.7 Å². The Morgan fingerprint density at radius 3 is 1.79 bits per heavy atom. The van der Waals surface area contributed by atoms with E-state index in [2.05, 4.69) is 0 Å². The molecule has 0 aliphatic heterocycles. The van der Waals surface area contributed by atoms with Crippen LogP contribution in [0.25, 0.3) is 11.0 Å². The minimum atomic E-state index is -0.753. The van der Waals surface area contributed by atoms with Gasteiger partial charge in [0.25, 0.3) is 0 Å². The van der Waals surface area contributed by atoms with Crippen LogP contribution in [0.15, 0.2) is 22.6 Å². The standard InChI is InChI=1S/C21H26O7/c1-8-25-19(24)16-10-12-9-13(17(22)27-20(2,3)4)14(11-15(12)26-16)18(23)28-21(5,6)7/h9-11H,8H2,1-7H3. The predicted octanol–water partition coefficient (Wildman–Crippen LogP) is 4.52. The molecule has 7 heteroatoms. The molecule has 1 aromatic heterocycles. The van der Waals surface area contributed by atoms with E-state index < -0.39 is 29.1 Å². The van der Waals surface area contributed by atoms with E-state index in [1.807, 2.05) is 0 Å². The first-order chi connectivity index (χ1) is 12.8. The molecule has 0 bridgehead atoms. The van der Waals surface area contributed by atoms with Gasteiger partial charge in [-0.2, -0.15) is 0 Å². The lowest BCUT2D eigenvalue weighted by atomic mass is 10.0. The average Bonchev–Trinajstić information content (AvgIpc) is 2.93. The molecule has 0 spiro atoms. The lowest BCUT2D eigenvalue weighted by Crippen LogP contribution is -2.27. The molecule has 0 unspecified atom stereocenters. The Labute approximate surface area is 163 Å². The van der Waals surface area contributed by atoms with E-state index in [1.54, 1.807) is 48.5 Å². The van der Waals surface area contributed by atoms with Gasteiger partial charge in [-0.3, -0.25) is 0 Å². The number of benzene rings is 1. The van der Waals surface area contributed by atoms with Crippen LogP contribution in [0.4, 0.5) is 0 Å². The molecule has 1 heterocycles. The summed E-state index contributed by atoms with van der Waals surface area (Å²) in [5.74, 6) is -2.01. The number of fused-ring (bicyclic) bond motifs is 1. The molecule has 28 heavy (non-hydrogen) atoms. The fraction of sp³-hybridized carbons (Fsp3) is 0.476. The second-order valence-electron chi connectivity index (χ2n) is 8.27. The van der Waals surface area contributed by atoms with Gasteiger partial charge < -0.3 is 18.6 Å². The Bertz CT molecular complexity index is 842. The fourth-order valence-electron chi connectivity index (χ4n) is 2.39. The van der Waals surface area contributed by atoms with Crippen LogP contribution >= 0.6 is 0 Å². The molecule has 7 nitrogen and oxygen atoms in total. The number of esters is 3. The number of furan rings is 1. The van der Waals surface area contributed by atoms with Crippen LogP contribution in [0.5, 0.6) is 0 Å². The van der Waals surface area contributed by atoms with Gasteiger partial charge in [0.05, 0.1) is 17.7 Å². The van der Waals surface area contributed by atoms with E-state index in [0.29, 0.717) is 5.39 Å². The minimum Gasteiger partial charge on any atom is -0.460 e. The summed E-state index contributed by atoms with van der Waals surface area (Å²) in [5.41, 5.74) is -1.20. The third-order valence-electron chi connectivity index (χ3n) is 3.37. The predicted molar refractivity (Wildman–Crippen MR) is 103 cm³/mol. The maximum absolute atomic E-state index is 12.7. The van der Waals surface area contributed by atoms with Crippen molar-refractivity contribution in [3.63, 3.8) is 0 Å². The highest BCUT2D eigenvalue weighted by atomic mass is 16.6. The Balaban J connectivity index is 2.58. The molecule has 0 saturated carbocycles. The maximum Gasteiger partial charge on any atom is 0.374 e. The topological polar surface area (TPSA) is 92.0 Å². The van der Waals surface area contributed by atoms with Gasteiger partial charge >= 0.3 is 17.9 Å². The number of carbonyl (C=O) groups excluding carboxylic acids is 3. The third kappa shape index (κ3) is 5.34. The van der Waals surface area contributed by atoms with Gasteiger partial charge in [0.1, 0.15) is 16.8 Å². The smallest absolute Gasteiger partial charge is 0.374 e. The Kier molecular flexibility index (Phi) is 5.87. The van der Waals surface area contributed by atoms with E-state index in [-0.39, 0.29) is 29.1 Å². The summed E-state index contributed by atoms with van der Waals surface area (Å²) >= 11 is 0. The molecule has 2 rings (SSSR count). The molecular formula is C21H26O7.